The summed E-state index contributed by atoms with van der Waals surface area (Å²) in [6.07, 6.45) is 4.22. The van der Waals surface area contributed by atoms with Crippen molar-refractivity contribution in [3.63, 3.8) is 0 Å². The quantitative estimate of drug-likeness (QED) is 0.708. The monoisotopic (exact) mass is 331 g/mol. The van der Waals surface area contributed by atoms with Crippen LogP contribution in [0.15, 0.2) is 73.1 Å². The topological polar surface area (TPSA) is 54.0 Å². The minimum absolute atomic E-state index is 0.164. The Kier molecular flexibility index (Phi) is 5.42. The summed E-state index contributed by atoms with van der Waals surface area (Å²) < 4.78 is 0. The standard InChI is InChI=1S/C21H21N3O/c1-16-7-9-19(10-8-16)24-21(25)18-13-20(15-22-14-18)23-12-11-17-5-3-2-4-6-17/h2-10,13-15,23H,11-12H2,1H3,(H,24,25). The van der Waals surface area contributed by atoms with E-state index in [9.17, 15) is 4.79 Å². The smallest absolute Gasteiger partial charge is 0.257 e. The van der Waals surface area contributed by atoms with Gasteiger partial charge in [0.25, 0.3) is 5.91 Å². The Morgan fingerprint density at radius 3 is 2.48 bits per heavy atom. The summed E-state index contributed by atoms with van der Waals surface area (Å²) in [4.78, 5) is 16.5. The van der Waals surface area contributed by atoms with Crippen LogP contribution in [0.1, 0.15) is 21.5 Å². The van der Waals surface area contributed by atoms with Crippen LogP contribution < -0.4 is 10.6 Å². The van der Waals surface area contributed by atoms with Gasteiger partial charge in [-0.25, -0.2) is 0 Å². The maximum Gasteiger partial charge on any atom is 0.257 e. The van der Waals surface area contributed by atoms with E-state index >= 15 is 0 Å². The van der Waals surface area contributed by atoms with Gasteiger partial charge in [0.15, 0.2) is 0 Å². The van der Waals surface area contributed by atoms with E-state index in [2.05, 4.69) is 27.8 Å². The number of carbonyl (C=O) groups excluding carboxylic acids is 1. The normalized spacial score (nSPS) is 10.3. The van der Waals surface area contributed by atoms with Gasteiger partial charge in [0.1, 0.15) is 0 Å². The molecule has 0 saturated heterocycles. The van der Waals surface area contributed by atoms with E-state index in [4.69, 9.17) is 0 Å². The van der Waals surface area contributed by atoms with Crippen LogP contribution in [-0.4, -0.2) is 17.4 Å². The van der Waals surface area contributed by atoms with Gasteiger partial charge in [0, 0.05) is 24.6 Å². The predicted octanol–water partition coefficient (Wildman–Crippen LogP) is 4.30. The van der Waals surface area contributed by atoms with Crippen LogP contribution in [0.4, 0.5) is 11.4 Å². The zero-order chi connectivity index (χ0) is 17.5. The summed E-state index contributed by atoms with van der Waals surface area (Å²) in [7, 11) is 0. The van der Waals surface area contributed by atoms with Crippen molar-refractivity contribution >= 4 is 17.3 Å². The number of anilines is 2. The molecule has 0 aliphatic carbocycles. The van der Waals surface area contributed by atoms with E-state index in [1.165, 1.54) is 5.56 Å². The third-order valence-corrected chi connectivity index (χ3v) is 3.90. The van der Waals surface area contributed by atoms with Crippen LogP contribution in [0.25, 0.3) is 0 Å². The fourth-order valence-corrected chi connectivity index (χ4v) is 2.50. The van der Waals surface area contributed by atoms with Crippen molar-refractivity contribution < 1.29 is 4.79 Å². The van der Waals surface area contributed by atoms with E-state index in [0.717, 1.165) is 29.9 Å². The van der Waals surface area contributed by atoms with E-state index in [1.807, 2.05) is 55.5 Å². The maximum absolute atomic E-state index is 12.4. The van der Waals surface area contributed by atoms with Gasteiger partial charge in [0.2, 0.25) is 0 Å². The van der Waals surface area contributed by atoms with Crippen LogP contribution in [0.3, 0.4) is 0 Å². The Labute approximate surface area is 147 Å². The zero-order valence-electron chi connectivity index (χ0n) is 14.2. The summed E-state index contributed by atoms with van der Waals surface area (Å²) in [5.74, 6) is -0.164. The number of rotatable bonds is 6. The van der Waals surface area contributed by atoms with Gasteiger partial charge < -0.3 is 10.6 Å². The Bertz CT molecular complexity index is 829. The first-order valence-corrected chi connectivity index (χ1v) is 8.31. The van der Waals surface area contributed by atoms with E-state index in [1.54, 1.807) is 12.4 Å². The molecule has 0 spiro atoms. The number of aryl methyl sites for hydroxylation is 1. The molecular weight excluding hydrogens is 310 g/mol. The molecule has 2 N–H and O–H groups in total. The van der Waals surface area contributed by atoms with Gasteiger partial charge in [-0.05, 0) is 37.1 Å². The molecule has 0 unspecified atom stereocenters. The molecule has 4 heteroatoms. The molecule has 0 aliphatic rings. The maximum atomic E-state index is 12.4. The second-order valence-electron chi connectivity index (χ2n) is 5.94. The van der Waals surface area contributed by atoms with Crippen LogP contribution in [0, 0.1) is 6.92 Å². The Hall–Kier alpha value is -3.14. The van der Waals surface area contributed by atoms with Crippen molar-refractivity contribution in [1.29, 1.82) is 0 Å². The molecule has 3 rings (SSSR count). The van der Waals surface area contributed by atoms with Crippen molar-refractivity contribution in [2.75, 3.05) is 17.2 Å². The van der Waals surface area contributed by atoms with Gasteiger partial charge in [-0.3, -0.25) is 9.78 Å². The molecule has 126 valence electrons. The first-order chi connectivity index (χ1) is 12.2. The molecule has 0 radical (unpaired) electrons. The number of nitrogens with zero attached hydrogens (tertiary/aromatic N) is 1. The third-order valence-electron chi connectivity index (χ3n) is 3.90. The molecular formula is C21H21N3O. The average molecular weight is 331 g/mol. The molecule has 0 atom stereocenters. The van der Waals surface area contributed by atoms with E-state index in [-0.39, 0.29) is 5.91 Å². The number of pyridine rings is 1. The number of hydrogen-bond donors (Lipinski definition) is 2. The first kappa shape index (κ1) is 16.7. The molecule has 4 nitrogen and oxygen atoms in total. The SMILES string of the molecule is Cc1ccc(NC(=O)c2cncc(NCCc3ccccc3)c2)cc1. The second kappa shape index (κ2) is 8.11. The number of aromatic nitrogens is 1. The molecule has 0 aliphatic heterocycles. The lowest BCUT2D eigenvalue weighted by atomic mass is 10.1. The van der Waals surface area contributed by atoms with E-state index < -0.39 is 0 Å². The summed E-state index contributed by atoms with van der Waals surface area (Å²) in [5.41, 5.74) is 4.58. The Morgan fingerprint density at radius 2 is 1.72 bits per heavy atom. The zero-order valence-corrected chi connectivity index (χ0v) is 14.2. The first-order valence-electron chi connectivity index (χ1n) is 8.31. The number of nitrogens with one attached hydrogen (secondary N) is 2. The third kappa shape index (κ3) is 4.91. The van der Waals surface area contributed by atoms with Crippen LogP contribution in [-0.2, 0) is 6.42 Å². The van der Waals surface area contributed by atoms with Crippen LogP contribution in [0.5, 0.6) is 0 Å². The van der Waals surface area contributed by atoms with Gasteiger partial charge in [-0.15, -0.1) is 0 Å². The number of carbonyl (C=O) groups is 1. The van der Waals surface area contributed by atoms with Crippen LogP contribution in [0.2, 0.25) is 0 Å². The summed E-state index contributed by atoms with van der Waals surface area (Å²) in [6.45, 7) is 2.80. The molecule has 1 aromatic heterocycles. The lowest BCUT2D eigenvalue weighted by Gasteiger charge is -2.09. The molecule has 25 heavy (non-hydrogen) atoms. The average Bonchev–Trinajstić information content (AvgIpc) is 2.65. The lowest BCUT2D eigenvalue weighted by Crippen LogP contribution is -2.13. The summed E-state index contributed by atoms with van der Waals surface area (Å²) >= 11 is 0. The second-order valence-corrected chi connectivity index (χ2v) is 5.94. The largest absolute Gasteiger partial charge is 0.383 e. The highest BCUT2D eigenvalue weighted by Gasteiger charge is 2.07. The molecule has 1 amide bonds. The van der Waals surface area contributed by atoms with Crippen molar-refractivity contribution in [2.45, 2.75) is 13.3 Å². The minimum atomic E-state index is -0.164. The molecule has 0 bridgehead atoms. The van der Waals surface area contributed by atoms with E-state index in [0.29, 0.717) is 5.56 Å². The van der Waals surface area contributed by atoms with Crippen molar-refractivity contribution in [3.05, 3.63) is 89.7 Å². The number of benzene rings is 2. The fraction of sp³-hybridized carbons (Fsp3) is 0.143. The van der Waals surface area contributed by atoms with Gasteiger partial charge >= 0.3 is 0 Å². The highest BCUT2D eigenvalue weighted by Crippen LogP contribution is 2.13. The highest BCUT2D eigenvalue weighted by atomic mass is 16.1. The molecule has 0 saturated carbocycles. The Morgan fingerprint density at radius 1 is 0.960 bits per heavy atom. The lowest BCUT2D eigenvalue weighted by molar-refractivity contribution is 0.102. The van der Waals surface area contributed by atoms with Crippen LogP contribution >= 0.6 is 0 Å². The fourth-order valence-electron chi connectivity index (χ4n) is 2.50. The van der Waals surface area contributed by atoms with Crippen molar-refractivity contribution in [2.24, 2.45) is 0 Å². The highest BCUT2D eigenvalue weighted by molar-refractivity contribution is 6.04. The predicted molar refractivity (Wildman–Crippen MR) is 102 cm³/mol. The van der Waals surface area contributed by atoms with Gasteiger partial charge in [-0.1, -0.05) is 48.0 Å². The van der Waals surface area contributed by atoms with Gasteiger partial charge in [0.05, 0.1) is 11.3 Å². The molecule has 0 fully saturated rings. The molecule has 1 heterocycles. The summed E-state index contributed by atoms with van der Waals surface area (Å²) in [5, 5.41) is 6.21. The summed E-state index contributed by atoms with van der Waals surface area (Å²) in [6, 6.07) is 19.8. The Balaban J connectivity index is 1.58. The minimum Gasteiger partial charge on any atom is -0.383 e. The number of hydrogen-bond acceptors (Lipinski definition) is 3. The molecule has 2 aromatic carbocycles. The van der Waals surface area contributed by atoms with Crippen molar-refractivity contribution in [1.82, 2.24) is 4.98 Å². The molecule has 3 aromatic rings. The van der Waals surface area contributed by atoms with Gasteiger partial charge in [-0.2, -0.15) is 0 Å². The van der Waals surface area contributed by atoms with Crippen molar-refractivity contribution in [3.8, 4) is 0 Å². The number of amides is 1.